The summed E-state index contributed by atoms with van der Waals surface area (Å²) in [5, 5.41) is 3.52. The molecule has 0 bridgehead atoms. The number of sulfonamides is 1. The van der Waals surface area contributed by atoms with Gasteiger partial charge in [0.15, 0.2) is 11.5 Å². The number of methoxy groups -OCH3 is 2. The van der Waals surface area contributed by atoms with Gasteiger partial charge >= 0.3 is 0 Å². The van der Waals surface area contributed by atoms with E-state index >= 15 is 0 Å². The number of hydrogen-bond donors (Lipinski definition) is 1. The lowest BCUT2D eigenvalue weighted by molar-refractivity contribution is 0.0951. The highest BCUT2D eigenvalue weighted by Gasteiger charge is 2.19. The van der Waals surface area contributed by atoms with Crippen LogP contribution in [-0.2, 0) is 23.1 Å². The SMILES string of the molecule is COc1ccc(CNC(=O)c2ccc(CN(c3cc(Cl)cc(Cl)c3)S(C)(=O)=O)cc2)cc1OC. The molecule has 3 aromatic carbocycles. The first kappa shape index (κ1) is 25.7. The van der Waals surface area contributed by atoms with Gasteiger partial charge in [0, 0.05) is 22.2 Å². The van der Waals surface area contributed by atoms with Crippen molar-refractivity contribution in [3.05, 3.63) is 87.4 Å². The Kier molecular flexibility index (Phi) is 8.30. The minimum atomic E-state index is -3.61. The second kappa shape index (κ2) is 11.0. The van der Waals surface area contributed by atoms with Crippen molar-refractivity contribution >= 4 is 44.8 Å². The molecule has 0 heterocycles. The molecular formula is C24H24Cl2N2O5S. The van der Waals surface area contributed by atoms with Crippen LogP contribution >= 0.6 is 23.2 Å². The average molecular weight is 523 g/mol. The van der Waals surface area contributed by atoms with Crippen LogP contribution in [0.1, 0.15) is 21.5 Å². The number of carbonyl (C=O) groups excluding carboxylic acids is 1. The zero-order chi connectivity index (χ0) is 24.9. The maximum absolute atomic E-state index is 12.6. The Morgan fingerprint density at radius 1 is 0.882 bits per heavy atom. The van der Waals surface area contributed by atoms with E-state index in [-0.39, 0.29) is 12.5 Å². The van der Waals surface area contributed by atoms with Crippen molar-refractivity contribution in [1.29, 1.82) is 0 Å². The zero-order valence-corrected chi connectivity index (χ0v) is 21.2. The largest absolute Gasteiger partial charge is 0.493 e. The summed E-state index contributed by atoms with van der Waals surface area (Å²) in [6, 6.07) is 16.7. The smallest absolute Gasteiger partial charge is 0.251 e. The highest BCUT2D eigenvalue weighted by molar-refractivity contribution is 7.92. The summed E-state index contributed by atoms with van der Waals surface area (Å²) >= 11 is 12.1. The van der Waals surface area contributed by atoms with Crippen molar-refractivity contribution in [2.75, 3.05) is 24.8 Å². The highest BCUT2D eigenvalue weighted by atomic mass is 35.5. The third-order valence-electron chi connectivity index (χ3n) is 4.98. The van der Waals surface area contributed by atoms with Crippen LogP contribution in [0.15, 0.2) is 60.7 Å². The molecule has 0 saturated heterocycles. The fourth-order valence-electron chi connectivity index (χ4n) is 3.29. The molecule has 0 atom stereocenters. The van der Waals surface area contributed by atoms with Crippen molar-refractivity contribution in [2.45, 2.75) is 13.1 Å². The zero-order valence-electron chi connectivity index (χ0n) is 18.8. The van der Waals surface area contributed by atoms with E-state index in [0.717, 1.165) is 11.8 Å². The maximum atomic E-state index is 12.6. The summed E-state index contributed by atoms with van der Waals surface area (Å²) in [6.45, 7) is 0.362. The molecule has 0 unspecified atom stereocenters. The predicted molar refractivity (Wildman–Crippen MR) is 135 cm³/mol. The Labute approximate surface area is 209 Å². The molecule has 0 aliphatic rings. The predicted octanol–water partition coefficient (Wildman–Crippen LogP) is 4.91. The monoisotopic (exact) mass is 522 g/mol. The number of nitrogens with zero attached hydrogens (tertiary/aromatic N) is 1. The van der Waals surface area contributed by atoms with Gasteiger partial charge in [-0.3, -0.25) is 9.10 Å². The summed E-state index contributed by atoms with van der Waals surface area (Å²) < 4.78 is 36.5. The van der Waals surface area contributed by atoms with Gasteiger partial charge < -0.3 is 14.8 Å². The van der Waals surface area contributed by atoms with Crippen molar-refractivity contribution in [3.63, 3.8) is 0 Å². The molecule has 1 amide bonds. The van der Waals surface area contributed by atoms with Crippen LogP contribution in [-0.4, -0.2) is 34.8 Å². The summed E-state index contributed by atoms with van der Waals surface area (Å²) in [5.41, 5.74) is 2.35. The number of ether oxygens (including phenoxy) is 2. The average Bonchev–Trinajstić information content (AvgIpc) is 2.79. The van der Waals surface area contributed by atoms with Crippen LogP contribution in [0.25, 0.3) is 0 Å². The first-order valence-corrected chi connectivity index (χ1v) is 12.7. The lowest BCUT2D eigenvalue weighted by atomic mass is 10.1. The number of hydrogen-bond acceptors (Lipinski definition) is 5. The lowest BCUT2D eigenvalue weighted by Gasteiger charge is -2.23. The van der Waals surface area contributed by atoms with Gasteiger partial charge in [-0.2, -0.15) is 0 Å². The number of halogens is 2. The van der Waals surface area contributed by atoms with Gasteiger partial charge in [-0.1, -0.05) is 41.4 Å². The Hall–Kier alpha value is -2.94. The number of benzene rings is 3. The molecular weight excluding hydrogens is 499 g/mol. The molecule has 3 aromatic rings. The van der Waals surface area contributed by atoms with Crippen LogP contribution in [0.3, 0.4) is 0 Å². The van der Waals surface area contributed by atoms with Crippen LogP contribution < -0.4 is 19.1 Å². The number of nitrogens with one attached hydrogen (secondary N) is 1. The van der Waals surface area contributed by atoms with E-state index in [2.05, 4.69) is 5.32 Å². The van der Waals surface area contributed by atoms with Crippen molar-refractivity contribution < 1.29 is 22.7 Å². The topological polar surface area (TPSA) is 84.9 Å². The molecule has 0 fully saturated rings. The van der Waals surface area contributed by atoms with E-state index in [1.807, 2.05) is 6.07 Å². The molecule has 1 N–H and O–H groups in total. The molecule has 0 radical (unpaired) electrons. The summed E-state index contributed by atoms with van der Waals surface area (Å²) in [6.07, 6.45) is 1.11. The molecule has 7 nitrogen and oxygen atoms in total. The van der Waals surface area contributed by atoms with Gasteiger partial charge in [0.05, 0.1) is 32.7 Å². The summed E-state index contributed by atoms with van der Waals surface area (Å²) in [5.74, 6) is 0.925. The minimum Gasteiger partial charge on any atom is -0.493 e. The third-order valence-corrected chi connectivity index (χ3v) is 6.56. The normalized spacial score (nSPS) is 11.1. The van der Waals surface area contributed by atoms with E-state index in [4.69, 9.17) is 32.7 Å². The Morgan fingerprint density at radius 2 is 1.47 bits per heavy atom. The van der Waals surface area contributed by atoms with E-state index < -0.39 is 10.0 Å². The Bertz CT molecular complexity index is 1260. The van der Waals surface area contributed by atoms with Gasteiger partial charge in [-0.05, 0) is 53.6 Å². The molecule has 0 aliphatic heterocycles. The first-order chi connectivity index (χ1) is 16.1. The van der Waals surface area contributed by atoms with Crippen LogP contribution in [0.4, 0.5) is 5.69 Å². The number of carbonyl (C=O) groups is 1. The van der Waals surface area contributed by atoms with Gasteiger partial charge in [0.2, 0.25) is 10.0 Å². The quantitative estimate of drug-likeness (QED) is 0.431. The van der Waals surface area contributed by atoms with E-state index in [1.54, 1.807) is 50.6 Å². The van der Waals surface area contributed by atoms with E-state index in [9.17, 15) is 13.2 Å². The van der Waals surface area contributed by atoms with Gasteiger partial charge in [0.25, 0.3) is 5.91 Å². The molecule has 3 rings (SSSR count). The molecule has 0 aliphatic carbocycles. The molecule has 0 spiro atoms. The molecule has 0 aromatic heterocycles. The number of anilines is 1. The van der Waals surface area contributed by atoms with E-state index in [1.165, 1.54) is 22.5 Å². The third kappa shape index (κ3) is 6.56. The van der Waals surface area contributed by atoms with Crippen LogP contribution in [0.2, 0.25) is 10.0 Å². The molecule has 180 valence electrons. The van der Waals surface area contributed by atoms with E-state index in [0.29, 0.717) is 44.9 Å². The Morgan fingerprint density at radius 3 is 2.03 bits per heavy atom. The second-order valence-electron chi connectivity index (χ2n) is 7.47. The van der Waals surface area contributed by atoms with Crippen LogP contribution in [0.5, 0.6) is 11.5 Å². The summed E-state index contributed by atoms with van der Waals surface area (Å²) in [7, 11) is -0.502. The van der Waals surface area contributed by atoms with Crippen LogP contribution in [0, 0.1) is 0 Å². The fourth-order valence-corrected chi connectivity index (χ4v) is 4.67. The summed E-state index contributed by atoms with van der Waals surface area (Å²) in [4.78, 5) is 12.6. The molecule has 10 heteroatoms. The van der Waals surface area contributed by atoms with Crippen molar-refractivity contribution in [3.8, 4) is 11.5 Å². The maximum Gasteiger partial charge on any atom is 0.251 e. The van der Waals surface area contributed by atoms with Gasteiger partial charge in [0.1, 0.15) is 0 Å². The van der Waals surface area contributed by atoms with Gasteiger partial charge in [-0.15, -0.1) is 0 Å². The second-order valence-corrected chi connectivity index (χ2v) is 10.2. The number of rotatable bonds is 9. The lowest BCUT2D eigenvalue weighted by Crippen LogP contribution is -2.29. The van der Waals surface area contributed by atoms with Gasteiger partial charge in [-0.25, -0.2) is 8.42 Å². The minimum absolute atomic E-state index is 0.0586. The fraction of sp³-hybridized carbons (Fsp3) is 0.208. The van der Waals surface area contributed by atoms with Crippen molar-refractivity contribution in [1.82, 2.24) is 5.32 Å². The molecule has 34 heavy (non-hydrogen) atoms. The first-order valence-electron chi connectivity index (χ1n) is 10.1. The standard InChI is InChI=1S/C24H24Cl2N2O5S/c1-32-22-9-6-17(10-23(22)33-2)14-27-24(29)18-7-4-16(5-8-18)15-28(34(3,30)31)21-12-19(25)11-20(26)13-21/h4-13H,14-15H2,1-3H3,(H,27,29). The van der Waals surface area contributed by atoms with Crippen molar-refractivity contribution in [2.24, 2.45) is 0 Å². The highest BCUT2D eigenvalue weighted by Crippen LogP contribution is 2.29. The Balaban J connectivity index is 1.70. The number of amides is 1. The molecule has 0 saturated carbocycles.